The van der Waals surface area contributed by atoms with Gasteiger partial charge in [-0.25, -0.2) is 9.97 Å². The molecular formula is C22H23N3O2. The Balaban J connectivity index is 1.59. The van der Waals surface area contributed by atoms with Gasteiger partial charge in [0.25, 0.3) is 5.91 Å². The third kappa shape index (κ3) is 3.63. The molecule has 0 radical (unpaired) electrons. The van der Waals surface area contributed by atoms with Gasteiger partial charge in [0.2, 0.25) is 0 Å². The van der Waals surface area contributed by atoms with Crippen LogP contribution >= 0.6 is 0 Å². The first-order valence-corrected chi connectivity index (χ1v) is 9.25. The molecule has 0 saturated heterocycles. The molecule has 1 N–H and O–H groups in total. The average Bonchev–Trinajstić information content (AvgIpc) is 3.52. The number of ether oxygens (including phenoxy) is 1. The zero-order chi connectivity index (χ0) is 19.0. The van der Waals surface area contributed by atoms with E-state index < -0.39 is 0 Å². The molecule has 1 unspecified atom stereocenters. The fraction of sp³-hybridized carbons (Fsp3) is 0.318. The van der Waals surface area contributed by atoms with E-state index >= 15 is 0 Å². The van der Waals surface area contributed by atoms with E-state index in [1.54, 1.807) is 7.11 Å². The summed E-state index contributed by atoms with van der Waals surface area (Å²) >= 11 is 0. The van der Waals surface area contributed by atoms with Gasteiger partial charge in [-0.2, -0.15) is 0 Å². The summed E-state index contributed by atoms with van der Waals surface area (Å²) in [6.07, 6.45) is 2.28. The third-order valence-corrected chi connectivity index (χ3v) is 5.19. The van der Waals surface area contributed by atoms with Crippen molar-refractivity contribution < 1.29 is 9.53 Å². The van der Waals surface area contributed by atoms with Gasteiger partial charge in [0.05, 0.1) is 35.6 Å². The van der Waals surface area contributed by atoms with Crippen molar-refractivity contribution >= 4 is 16.9 Å². The Morgan fingerprint density at radius 3 is 2.33 bits per heavy atom. The SMILES string of the molecule is COc1ccc(C(NC(=O)c2ccc3nc(C)c(C)nc3c2)C2CC2)cc1. The van der Waals surface area contributed by atoms with Crippen molar-refractivity contribution in [1.29, 1.82) is 0 Å². The lowest BCUT2D eigenvalue weighted by molar-refractivity contribution is 0.0932. The van der Waals surface area contributed by atoms with Crippen molar-refractivity contribution in [2.75, 3.05) is 7.11 Å². The molecule has 1 atom stereocenters. The van der Waals surface area contributed by atoms with Crippen molar-refractivity contribution in [3.05, 3.63) is 65.0 Å². The Morgan fingerprint density at radius 2 is 1.70 bits per heavy atom. The Labute approximate surface area is 158 Å². The molecule has 1 aromatic heterocycles. The molecule has 1 saturated carbocycles. The Hall–Kier alpha value is -2.95. The van der Waals surface area contributed by atoms with E-state index in [4.69, 9.17) is 4.74 Å². The van der Waals surface area contributed by atoms with Crippen LogP contribution < -0.4 is 10.1 Å². The number of aromatic nitrogens is 2. The van der Waals surface area contributed by atoms with E-state index in [2.05, 4.69) is 15.3 Å². The maximum atomic E-state index is 12.9. The van der Waals surface area contributed by atoms with Gasteiger partial charge in [-0.15, -0.1) is 0 Å². The van der Waals surface area contributed by atoms with E-state index in [1.165, 1.54) is 0 Å². The molecule has 5 nitrogen and oxygen atoms in total. The molecule has 4 rings (SSSR count). The van der Waals surface area contributed by atoms with Crippen LogP contribution in [0.25, 0.3) is 11.0 Å². The van der Waals surface area contributed by atoms with Crippen LogP contribution in [-0.4, -0.2) is 23.0 Å². The van der Waals surface area contributed by atoms with Gasteiger partial charge < -0.3 is 10.1 Å². The van der Waals surface area contributed by atoms with Crippen molar-refractivity contribution in [3.8, 4) is 5.75 Å². The molecule has 0 aliphatic heterocycles. The van der Waals surface area contributed by atoms with Crippen LogP contribution in [0.2, 0.25) is 0 Å². The maximum Gasteiger partial charge on any atom is 0.251 e. The molecule has 138 valence electrons. The zero-order valence-corrected chi connectivity index (χ0v) is 15.8. The second-order valence-electron chi connectivity index (χ2n) is 7.16. The first kappa shape index (κ1) is 17.5. The summed E-state index contributed by atoms with van der Waals surface area (Å²) in [5, 5.41) is 3.21. The molecule has 1 heterocycles. The highest BCUT2D eigenvalue weighted by Gasteiger charge is 2.33. The number of carbonyl (C=O) groups is 1. The highest BCUT2D eigenvalue weighted by Crippen LogP contribution is 2.41. The quantitative estimate of drug-likeness (QED) is 0.742. The number of fused-ring (bicyclic) bond motifs is 1. The standard InChI is InChI=1S/C22H23N3O2/c1-13-14(2)24-20-12-17(8-11-19(20)23-13)22(26)25-21(15-4-5-15)16-6-9-18(27-3)10-7-16/h6-12,15,21H,4-5H2,1-3H3,(H,25,26). The fourth-order valence-corrected chi connectivity index (χ4v) is 3.31. The van der Waals surface area contributed by atoms with Crippen molar-refractivity contribution in [2.45, 2.75) is 32.7 Å². The Kier molecular flexibility index (Phi) is 4.52. The molecule has 0 bridgehead atoms. The van der Waals surface area contributed by atoms with Crippen LogP contribution in [0.5, 0.6) is 5.75 Å². The molecule has 5 heteroatoms. The lowest BCUT2D eigenvalue weighted by Gasteiger charge is -2.19. The number of methoxy groups -OCH3 is 1. The lowest BCUT2D eigenvalue weighted by atomic mass is 10.0. The summed E-state index contributed by atoms with van der Waals surface area (Å²) in [6.45, 7) is 3.87. The maximum absolute atomic E-state index is 12.9. The number of nitrogens with one attached hydrogen (secondary N) is 1. The van der Waals surface area contributed by atoms with Crippen molar-refractivity contribution in [1.82, 2.24) is 15.3 Å². The first-order valence-electron chi connectivity index (χ1n) is 9.25. The number of benzene rings is 2. The summed E-state index contributed by atoms with van der Waals surface area (Å²) in [5.41, 5.74) is 5.07. The molecular weight excluding hydrogens is 338 g/mol. The molecule has 0 spiro atoms. The van der Waals surface area contributed by atoms with Crippen molar-refractivity contribution in [2.24, 2.45) is 5.92 Å². The van der Waals surface area contributed by atoms with Crippen LogP contribution in [0.15, 0.2) is 42.5 Å². The van der Waals surface area contributed by atoms with Crippen molar-refractivity contribution in [3.63, 3.8) is 0 Å². The minimum atomic E-state index is -0.0790. The molecule has 2 aromatic carbocycles. The molecule has 1 fully saturated rings. The van der Waals surface area contributed by atoms with Gasteiger partial charge >= 0.3 is 0 Å². The predicted octanol–water partition coefficient (Wildman–Crippen LogP) is 4.14. The highest BCUT2D eigenvalue weighted by molar-refractivity contribution is 5.97. The number of amides is 1. The number of hydrogen-bond acceptors (Lipinski definition) is 4. The summed E-state index contributed by atoms with van der Waals surface area (Å²) in [4.78, 5) is 22.0. The molecule has 3 aromatic rings. The number of rotatable bonds is 5. The average molecular weight is 361 g/mol. The number of aryl methyl sites for hydroxylation is 2. The second-order valence-corrected chi connectivity index (χ2v) is 7.16. The smallest absolute Gasteiger partial charge is 0.251 e. The highest BCUT2D eigenvalue weighted by atomic mass is 16.5. The Morgan fingerprint density at radius 1 is 1.04 bits per heavy atom. The summed E-state index contributed by atoms with van der Waals surface area (Å²) in [7, 11) is 1.65. The van der Waals surface area contributed by atoms with Gasteiger partial charge in [0, 0.05) is 5.56 Å². The van der Waals surface area contributed by atoms with Crippen LogP contribution in [0.1, 0.15) is 46.2 Å². The monoisotopic (exact) mass is 361 g/mol. The van der Waals surface area contributed by atoms with E-state index in [-0.39, 0.29) is 11.9 Å². The predicted molar refractivity (Wildman–Crippen MR) is 105 cm³/mol. The number of hydrogen-bond donors (Lipinski definition) is 1. The fourth-order valence-electron chi connectivity index (χ4n) is 3.31. The van der Waals surface area contributed by atoms with Crippen LogP contribution in [0.3, 0.4) is 0 Å². The normalized spacial score (nSPS) is 14.8. The third-order valence-electron chi connectivity index (χ3n) is 5.19. The molecule has 1 amide bonds. The van der Waals surface area contributed by atoms with Gasteiger partial charge in [-0.05, 0) is 68.5 Å². The van der Waals surface area contributed by atoms with Gasteiger partial charge in [0.1, 0.15) is 5.75 Å². The minimum Gasteiger partial charge on any atom is -0.497 e. The topological polar surface area (TPSA) is 64.1 Å². The van der Waals surface area contributed by atoms with Gasteiger partial charge in [0.15, 0.2) is 0 Å². The summed E-state index contributed by atoms with van der Waals surface area (Å²) in [5.74, 6) is 1.23. The lowest BCUT2D eigenvalue weighted by Crippen LogP contribution is -2.29. The van der Waals surface area contributed by atoms with Crippen LogP contribution in [0.4, 0.5) is 0 Å². The number of nitrogens with zero attached hydrogens (tertiary/aromatic N) is 2. The summed E-state index contributed by atoms with van der Waals surface area (Å²) in [6, 6.07) is 13.5. The summed E-state index contributed by atoms with van der Waals surface area (Å²) < 4.78 is 5.23. The zero-order valence-electron chi connectivity index (χ0n) is 15.8. The van der Waals surface area contributed by atoms with Gasteiger partial charge in [-0.3, -0.25) is 4.79 Å². The second kappa shape index (κ2) is 6.99. The van der Waals surface area contributed by atoms with E-state index in [1.807, 2.05) is 56.3 Å². The van der Waals surface area contributed by atoms with E-state index in [9.17, 15) is 4.79 Å². The van der Waals surface area contributed by atoms with Crippen LogP contribution in [-0.2, 0) is 0 Å². The molecule has 1 aliphatic rings. The molecule has 27 heavy (non-hydrogen) atoms. The van der Waals surface area contributed by atoms with Crippen LogP contribution in [0, 0.1) is 19.8 Å². The Bertz CT molecular complexity index is 994. The van der Waals surface area contributed by atoms with Gasteiger partial charge in [-0.1, -0.05) is 12.1 Å². The molecule has 1 aliphatic carbocycles. The first-order chi connectivity index (χ1) is 13.0. The van der Waals surface area contributed by atoms with E-state index in [0.717, 1.165) is 46.6 Å². The number of carbonyl (C=O) groups excluding carboxylic acids is 1. The largest absolute Gasteiger partial charge is 0.497 e. The van der Waals surface area contributed by atoms with E-state index in [0.29, 0.717) is 11.5 Å². The minimum absolute atomic E-state index is 0.0185.